The predicted molar refractivity (Wildman–Crippen MR) is 78.2 cm³/mol. The van der Waals surface area contributed by atoms with E-state index in [-0.39, 0.29) is 5.69 Å². The fourth-order valence-electron chi connectivity index (χ4n) is 1.80. The zero-order chi connectivity index (χ0) is 14.4. The Morgan fingerprint density at radius 3 is 2.50 bits per heavy atom. The van der Waals surface area contributed by atoms with Crippen molar-refractivity contribution < 1.29 is 9.66 Å². The molecule has 0 atom stereocenters. The smallest absolute Gasteiger partial charge is 0.292 e. The summed E-state index contributed by atoms with van der Waals surface area (Å²) in [5.74, 6) is 0. The second-order valence-electron chi connectivity index (χ2n) is 4.23. The van der Waals surface area contributed by atoms with Gasteiger partial charge in [0.05, 0.1) is 11.5 Å². The Balaban J connectivity index is 2.12. The minimum absolute atomic E-state index is 0.0610. The van der Waals surface area contributed by atoms with Gasteiger partial charge in [-0.25, -0.2) is 0 Å². The van der Waals surface area contributed by atoms with Crippen LogP contribution in [0.25, 0.3) is 0 Å². The molecular formula is C15H16N2O3. The van der Waals surface area contributed by atoms with Crippen LogP contribution >= 0.6 is 0 Å². The third-order valence-corrected chi connectivity index (χ3v) is 2.81. The predicted octanol–water partition coefficient (Wildman–Crippen LogP) is 3.87. The van der Waals surface area contributed by atoms with Crippen LogP contribution in [0.15, 0.2) is 48.5 Å². The normalized spacial score (nSPS) is 10.2. The van der Waals surface area contributed by atoms with E-state index in [1.54, 1.807) is 18.2 Å². The van der Waals surface area contributed by atoms with Gasteiger partial charge in [0.1, 0.15) is 5.69 Å². The van der Waals surface area contributed by atoms with Crippen LogP contribution in [0.3, 0.4) is 0 Å². The van der Waals surface area contributed by atoms with Gasteiger partial charge < -0.3 is 10.1 Å². The van der Waals surface area contributed by atoms with E-state index in [0.717, 1.165) is 11.3 Å². The zero-order valence-electron chi connectivity index (χ0n) is 11.2. The quantitative estimate of drug-likeness (QED) is 0.640. The summed E-state index contributed by atoms with van der Waals surface area (Å²) in [6.45, 7) is 3.20. The highest BCUT2D eigenvalue weighted by Gasteiger charge is 2.11. The van der Waals surface area contributed by atoms with Crippen molar-refractivity contribution in [2.75, 3.05) is 11.9 Å². The maximum Gasteiger partial charge on any atom is 0.292 e. The van der Waals surface area contributed by atoms with Crippen molar-refractivity contribution in [3.63, 3.8) is 0 Å². The first-order valence-corrected chi connectivity index (χ1v) is 6.38. The fraction of sp³-hybridized carbons (Fsp3) is 0.200. The molecule has 20 heavy (non-hydrogen) atoms. The lowest BCUT2D eigenvalue weighted by Gasteiger charge is -2.08. The van der Waals surface area contributed by atoms with Gasteiger partial charge in [-0.15, -0.1) is 0 Å². The van der Waals surface area contributed by atoms with E-state index in [9.17, 15) is 10.1 Å². The van der Waals surface area contributed by atoms with Gasteiger partial charge >= 0.3 is 0 Å². The molecule has 0 fully saturated rings. The molecule has 2 aromatic rings. The molecule has 0 aromatic heterocycles. The Bertz CT molecular complexity index is 582. The highest BCUT2D eigenvalue weighted by atomic mass is 16.6. The molecule has 0 unspecified atom stereocenters. The van der Waals surface area contributed by atoms with E-state index in [4.69, 9.17) is 4.74 Å². The molecule has 0 aliphatic rings. The first-order chi connectivity index (χ1) is 9.70. The van der Waals surface area contributed by atoms with E-state index >= 15 is 0 Å². The van der Waals surface area contributed by atoms with Crippen molar-refractivity contribution in [1.29, 1.82) is 0 Å². The molecule has 104 valence electrons. The van der Waals surface area contributed by atoms with Gasteiger partial charge in [0.2, 0.25) is 0 Å². The molecular weight excluding hydrogens is 256 g/mol. The monoisotopic (exact) mass is 272 g/mol. The van der Waals surface area contributed by atoms with Crippen molar-refractivity contribution in [2.45, 2.75) is 13.5 Å². The van der Waals surface area contributed by atoms with Crippen LogP contribution < -0.4 is 5.32 Å². The molecule has 0 aliphatic heterocycles. The van der Waals surface area contributed by atoms with Crippen LogP contribution in [0.5, 0.6) is 0 Å². The lowest BCUT2D eigenvalue weighted by molar-refractivity contribution is -0.383. The average molecular weight is 272 g/mol. The average Bonchev–Trinajstić information content (AvgIpc) is 2.47. The SMILES string of the molecule is CCOCc1ccc(Nc2ccccc2[N+](=O)[O-])cc1. The number of ether oxygens (including phenoxy) is 1. The Morgan fingerprint density at radius 1 is 1.15 bits per heavy atom. The van der Waals surface area contributed by atoms with Crippen molar-refractivity contribution in [3.8, 4) is 0 Å². The third-order valence-electron chi connectivity index (χ3n) is 2.81. The Kier molecular flexibility index (Phi) is 4.68. The number of nitro benzene ring substituents is 1. The number of nitro groups is 1. The molecule has 0 amide bonds. The van der Waals surface area contributed by atoms with Crippen LogP contribution in [-0.2, 0) is 11.3 Å². The number of nitrogens with one attached hydrogen (secondary N) is 1. The molecule has 2 aromatic carbocycles. The highest BCUT2D eigenvalue weighted by Crippen LogP contribution is 2.27. The molecule has 5 nitrogen and oxygen atoms in total. The number of para-hydroxylation sites is 2. The molecule has 1 N–H and O–H groups in total. The van der Waals surface area contributed by atoms with Crippen LogP contribution in [0, 0.1) is 10.1 Å². The number of hydrogen-bond acceptors (Lipinski definition) is 4. The Labute approximate surface area is 117 Å². The second kappa shape index (κ2) is 6.68. The number of nitrogens with zero attached hydrogens (tertiary/aromatic N) is 1. The number of anilines is 2. The summed E-state index contributed by atoms with van der Waals surface area (Å²) in [4.78, 5) is 10.5. The fourth-order valence-corrected chi connectivity index (χ4v) is 1.80. The van der Waals surface area contributed by atoms with E-state index in [2.05, 4.69) is 5.32 Å². The van der Waals surface area contributed by atoms with Gasteiger partial charge in [-0.3, -0.25) is 10.1 Å². The topological polar surface area (TPSA) is 64.4 Å². The maximum absolute atomic E-state index is 10.9. The summed E-state index contributed by atoms with van der Waals surface area (Å²) >= 11 is 0. The molecule has 5 heteroatoms. The molecule has 2 rings (SSSR count). The molecule has 0 bridgehead atoms. The second-order valence-corrected chi connectivity index (χ2v) is 4.23. The van der Waals surface area contributed by atoms with Gasteiger partial charge in [-0.05, 0) is 30.7 Å². The number of rotatable bonds is 6. The molecule has 0 radical (unpaired) electrons. The Morgan fingerprint density at radius 2 is 1.85 bits per heavy atom. The first kappa shape index (κ1) is 14.0. The lowest BCUT2D eigenvalue weighted by atomic mass is 10.2. The van der Waals surface area contributed by atoms with Crippen molar-refractivity contribution in [2.24, 2.45) is 0 Å². The van der Waals surface area contributed by atoms with Crippen molar-refractivity contribution in [3.05, 3.63) is 64.2 Å². The van der Waals surface area contributed by atoms with Crippen molar-refractivity contribution in [1.82, 2.24) is 0 Å². The summed E-state index contributed by atoms with van der Waals surface area (Å²) in [6, 6.07) is 14.2. The molecule has 0 spiro atoms. The third kappa shape index (κ3) is 3.55. The summed E-state index contributed by atoms with van der Waals surface area (Å²) in [5, 5.41) is 14.0. The van der Waals surface area contributed by atoms with Crippen LogP contribution in [0.4, 0.5) is 17.1 Å². The Hall–Kier alpha value is -2.40. The van der Waals surface area contributed by atoms with Crippen LogP contribution in [-0.4, -0.2) is 11.5 Å². The van der Waals surface area contributed by atoms with E-state index < -0.39 is 4.92 Å². The first-order valence-electron chi connectivity index (χ1n) is 6.38. The number of benzene rings is 2. The zero-order valence-corrected chi connectivity index (χ0v) is 11.2. The summed E-state index contributed by atoms with van der Waals surface area (Å²) in [5.41, 5.74) is 2.42. The highest BCUT2D eigenvalue weighted by molar-refractivity contribution is 5.69. The summed E-state index contributed by atoms with van der Waals surface area (Å²) in [6.07, 6.45) is 0. The molecule has 0 heterocycles. The molecule has 0 saturated carbocycles. The largest absolute Gasteiger partial charge is 0.377 e. The van der Waals surface area contributed by atoms with E-state index in [1.807, 2.05) is 31.2 Å². The lowest BCUT2D eigenvalue weighted by Crippen LogP contribution is -1.97. The molecule has 0 aliphatic carbocycles. The van der Waals surface area contributed by atoms with E-state index in [1.165, 1.54) is 6.07 Å². The minimum Gasteiger partial charge on any atom is -0.377 e. The minimum atomic E-state index is -0.397. The van der Waals surface area contributed by atoms with Crippen molar-refractivity contribution >= 4 is 17.1 Å². The van der Waals surface area contributed by atoms with Crippen LogP contribution in [0.2, 0.25) is 0 Å². The number of hydrogen-bond donors (Lipinski definition) is 1. The van der Waals surface area contributed by atoms with Gasteiger partial charge in [0, 0.05) is 18.4 Å². The van der Waals surface area contributed by atoms with Gasteiger partial charge in [0.15, 0.2) is 0 Å². The van der Waals surface area contributed by atoms with Gasteiger partial charge in [-0.2, -0.15) is 0 Å². The molecule has 0 saturated heterocycles. The summed E-state index contributed by atoms with van der Waals surface area (Å²) in [7, 11) is 0. The maximum atomic E-state index is 10.9. The van der Waals surface area contributed by atoms with E-state index in [0.29, 0.717) is 18.9 Å². The van der Waals surface area contributed by atoms with Gasteiger partial charge in [-0.1, -0.05) is 24.3 Å². The van der Waals surface area contributed by atoms with Crippen LogP contribution in [0.1, 0.15) is 12.5 Å². The summed E-state index contributed by atoms with van der Waals surface area (Å²) < 4.78 is 5.32. The standard InChI is InChI=1S/C15H16N2O3/c1-2-20-11-12-7-9-13(10-8-12)16-14-5-3-4-6-15(14)17(18)19/h3-10,16H,2,11H2,1H3. The van der Waals surface area contributed by atoms with Gasteiger partial charge in [0.25, 0.3) is 5.69 Å².